The van der Waals surface area contributed by atoms with Crippen molar-refractivity contribution in [2.75, 3.05) is 6.54 Å². The minimum atomic E-state index is -0.305. The summed E-state index contributed by atoms with van der Waals surface area (Å²) in [7, 11) is 0. The highest BCUT2D eigenvalue weighted by Gasteiger charge is 2.14. The first-order chi connectivity index (χ1) is 8.81. The number of alkyl halides is 1. The first-order valence-electron chi connectivity index (χ1n) is 6.06. The quantitative estimate of drug-likeness (QED) is 0.831. The Bertz CT molecular complexity index is 467. The Hall–Kier alpha value is -1.55. The molecule has 2 N–H and O–H groups in total. The topological polar surface area (TPSA) is 58.2 Å². The zero-order valence-electron chi connectivity index (χ0n) is 11.4. The van der Waals surface area contributed by atoms with Crippen LogP contribution in [-0.2, 0) is 10.7 Å². The number of nitrogens with one attached hydrogen (secondary N) is 2. The number of carbonyl (C=O) groups is 2. The van der Waals surface area contributed by atoms with Gasteiger partial charge in [0.25, 0.3) is 5.91 Å². The van der Waals surface area contributed by atoms with Crippen LogP contribution in [0.15, 0.2) is 24.3 Å². The van der Waals surface area contributed by atoms with E-state index in [0.717, 1.165) is 5.56 Å². The van der Waals surface area contributed by atoms with E-state index in [9.17, 15) is 9.59 Å². The molecule has 0 saturated carbocycles. The molecular formula is C14H19ClN2O2. The van der Waals surface area contributed by atoms with Crippen molar-refractivity contribution >= 4 is 23.4 Å². The summed E-state index contributed by atoms with van der Waals surface area (Å²) in [5, 5.41) is 5.35. The maximum atomic E-state index is 11.8. The van der Waals surface area contributed by atoms with E-state index in [-0.39, 0.29) is 23.9 Å². The summed E-state index contributed by atoms with van der Waals surface area (Å²) in [5.41, 5.74) is 1.07. The molecule has 0 aromatic heterocycles. The van der Waals surface area contributed by atoms with Gasteiger partial charge in [-0.1, -0.05) is 12.1 Å². The molecule has 1 aromatic rings. The third-order valence-corrected chi connectivity index (χ3v) is 2.58. The second-order valence-corrected chi connectivity index (χ2v) is 5.58. The van der Waals surface area contributed by atoms with Crippen LogP contribution in [0.3, 0.4) is 0 Å². The van der Waals surface area contributed by atoms with Crippen LogP contribution >= 0.6 is 11.6 Å². The van der Waals surface area contributed by atoms with E-state index in [1.807, 2.05) is 26.8 Å². The fourth-order valence-corrected chi connectivity index (χ4v) is 1.69. The van der Waals surface area contributed by atoms with Gasteiger partial charge >= 0.3 is 0 Å². The van der Waals surface area contributed by atoms with Crippen LogP contribution in [0.5, 0.6) is 0 Å². The molecule has 2 amide bonds. The van der Waals surface area contributed by atoms with Crippen molar-refractivity contribution in [3.05, 3.63) is 35.4 Å². The van der Waals surface area contributed by atoms with Crippen LogP contribution in [0.25, 0.3) is 0 Å². The molecule has 104 valence electrons. The molecular weight excluding hydrogens is 264 g/mol. The lowest BCUT2D eigenvalue weighted by Gasteiger charge is -2.20. The number of hydrogen-bond acceptors (Lipinski definition) is 2. The highest BCUT2D eigenvalue weighted by Crippen LogP contribution is 2.07. The van der Waals surface area contributed by atoms with Crippen molar-refractivity contribution < 1.29 is 9.59 Å². The molecule has 4 nitrogen and oxygen atoms in total. The standard InChI is InChI=1S/C14H19ClN2O2/c1-14(2,3)17-12(18)9-16-13(19)11-6-4-5-10(7-11)8-15/h4-7H,8-9H2,1-3H3,(H,16,19)(H,17,18). The molecule has 0 spiro atoms. The highest BCUT2D eigenvalue weighted by atomic mass is 35.5. The smallest absolute Gasteiger partial charge is 0.251 e. The average Bonchev–Trinajstić information content (AvgIpc) is 2.34. The molecule has 19 heavy (non-hydrogen) atoms. The van der Waals surface area contributed by atoms with E-state index in [0.29, 0.717) is 11.4 Å². The maximum absolute atomic E-state index is 11.8. The molecule has 0 radical (unpaired) electrons. The molecule has 0 fully saturated rings. The summed E-state index contributed by atoms with van der Waals surface area (Å²) in [5.74, 6) is -0.142. The SMILES string of the molecule is CC(C)(C)NC(=O)CNC(=O)c1cccc(CCl)c1. The van der Waals surface area contributed by atoms with E-state index < -0.39 is 0 Å². The van der Waals surface area contributed by atoms with Gasteiger partial charge in [0.1, 0.15) is 0 Å². The van der Waals surface area contributed by atoms with Gasteiger partial charge in [-0.15, -0.1) is 11.6 Å². The van der Waals surface area contributed by atoms with Crippen LogP contribution in [0.1, 0.15) is 36.7 Å². The third-order valence-electron chi connectivity index (χ3n) is 2.27. The van der Waals surface area contributed by atoms with Gasteiger partial charge in [-0.05, 0) is 38.5 Å². The van der Waals surface area contributed by atoms with Crippen LogP contribution < -0.4 is 10.6 Å². The summed E-state index contributed by atoms with van der Waals surface area (Å²) >= 11 is 5.71. The fourth-order valence-electron chi connectivity index (χ4n) is 1.52. The molecule has 0 aliphatic rings. The van der Waals surface area contributed by atoms with E-state index in [2.05, 4.69) is 10.6 Å². The molecule has 0 atom stereocenters. The summed E-state index contributed by atoms with van der Waals surface area (Å²) in [6.45, 7) is 5.62. The first-order valence-corrected chi connectivity index (χ1v) is 6.59. The van der Waals surface area contributed by atoms with Crippen LogP contribution in [0, 0.1) is 0 Å². The number of benzene rings is 1. The van der Waals surface area contributed by atoms with Crippen molar-refractivity contribution in [2.24, 2.45) is 0 Å². The van der Waals surface area contributed by atoms with Gasteiger partial charge in [0.05, 0.1) is 6.54 Å². The maximum Gasteiger partial charge on any atom is 0.251 e. The van der Waals surface area contributed by atoms with E-state index in [1.165, 1.54) is 0 Å². The van der Waals surface area contributed by atoms with Crippen molar-refractivity contribution in [2.45, 2.75) is 32.2 Å². The van der Waals surface area contributed by atoms with Crippen LogP contribution in [-0.4, -0.2) is 23.9 Å². The van der Waals surface area contributed by atoms with Gasteiger partial charge in [0.15, 0.2) is 0 Å². The zero-order valence-corrected chi connectivity index (χ0v) is 12.2. The molecule has 1 aromatic carbocycles. The summed E-state index contributed by atoms with van der Waals surface area (Å²) in [6, 6.07) is 7.01. The van der Waals surface area contributed by atoms with Crippen molar-refractivity contribution in [1.29, 1.82) is 0 Å². The summed E-state index contributed by atoms with van der Waals surface area (Å²) in [4.78, 5) is 23.4. The third kappa shape index (κ3) is 5.75. The number of amides is 2. The minimum Gasteiger partial charge on any atom is -0.350 e. The van der Waals surface area contributed by atoms with Gasteiger partial charge in [0, 0.05) is 17.0 Å². The van der Waals surface area contributed by atoms with Gasteiger partial charge in [-0.3, -0.25) is 9.59 Å². The first kappa shape index (κ1) is 15.5. The minimum absolute atomic E-state index is 0.0405. The van der Waals surface area contributed by atoms with Crippen LogP contribution in [0.4, 0.5) is 0 Å². The molecule has 0 aliphatic heterocycles. The van der Waals surface area contributed by atoms with E-state index in [4.69, 9.17) is 11.6 Å². The van der Waals surface area contributed by atoms with Gasteiger partial charge in [-0.25, -0.2) is 0 Å². The Balaban J connectivity index is 2.53. The number of carbonyl (C=O) groups excluding carboxylic acids is 2. The predicted octanol–water partition coefficient (Wildman–Crippen LogP) is 2.07. The molecule has 1 rings (SSSR count). The Morgan fingerprint density at radius 3 is 2.53 bits per heavy atom. The zero-order chi connectivity index (χ0) is 14.5. The monoisotopic (exact) mass is 282 g/mol. The fraction of sp³-hybridized carbons (Fsp3) is 0.429. The van der Waals surface area contributed by atoms with Gasteiger partial charge in [0.2, 0.25) is 5.91 Å². The number of halogens is 1. The normalized spacial score (nSPS) is 10.9. The summed E-state index contributed by atoms with van der Waals surface area (Å²) in [6.07, 6.45) is 0. The molecule has 0 saturated heterocycles. The Labute approximate surface area is 118 Å². The van der Waals surface area contributed by atoms with E-state index in [1.54, 1.807) is 18.2 Å². The molecule has 0 bridgehead atoms. The Morgan fingerprint density at radius 1 is 1.26 bits per heavy atom. The lowest BCUT2D eigenvalue weighted by atomic mass is 10.1. The number of hydrogen-bond donors (Lipinski definition) is 2. The van der Waals surface area contributed by atoms with E-state index >= 15 is 0 Å². The lowest BCUT2D eigenvalue weighted by Crippen LogP contribution is -2.45. The molecule has 0 unspecified atom stereocenters. The van der Waals surface area contributed by atoms with Crippen molar-refractivity contribution in [3.63, 3.8) is 0 Å². The largest absolute Gasteiger partial charge is 0.350 e. The predicted molar refractivity (Wildman–Crippen MR) is 76.2 cm³/mol. The average molecular weight is 283 g/mol. The lowest BCUT2D eigenvalue weighted by molar-refractivity contribution is -0.121. The highest BCUT2D eigenvalue weighted by molar-refractivity contribution is 6.17. The van der Waals surface area contributed by atoms with Crippen LogP contribution in [0.2, 0.25) is 0 Å². The second-order valence-electron chi connectivity index (χ2n) is 5.31. The summed E-state index contributed by atoms with van der Waals surface area (Å²) < 4.78 is 0. The molecule has 0 aliphatic carbocycles. The molecule has 0 heterocycles. The second kappa shape index (κ2) is 6.57. The van der Waals surface area contributed by atoms with Crippen molar-refractivity contribution in [1.82, 2.24) is 10.6 Å². The number of rotatable bonds is 4. The Morgan fingerprint density at radius 2 is 1.95 bits per heavy atom. The van der Waals surface area contributed by atoms with Gasteiger partial charge < -0.3 is 10.6 Å². The molecule has 5 heteroatoms. The Kier molecular flexibility index (Phi) is 5.36. The van der Waals surface area contributed by atoms with Gasteiger partial charge in [-0.2, -0.15) is 0 Å². The van der Waals surface area contributed by atoms with Crippen molar-refractivity contribution in [3.8, 4) is 0 Å².